The van der Waals surface area contributed by atoms with Crippen LogP contribution < -0.4 is 0 Å². The number of fused-ring (bicyclic) bond motifs is 1. The molecule has 0 bridgehead atoms. The number of hydrogen-bond acceptors (Lipinski definition) is 1. The Balaban J connectivity index is 2.72. The van der Waals surface area contributed by atoms with Gasteiger partial charge in [-0.2, -0.15) is 0 Å². The first-order chi connectivity index (χ1) is 8.86. The Kier molecular flexibility index (Phi) is 4.45. The highest BCUT2D eigenvalue weighted by molar-refractivity contribution is 14.1. The predicted octanol–water partition coefficient (Wildman–Crippen LogP) is 5.48. The van der Waals surface area contributed by atoms with E-state index in [2.05, 4.69) is 66.1 Å². The molecule has 0 fully saturated rings. The summed E-state index contributed by atoms with van der Waals surface area (Å²) < 4.78 is 3.52. The summed E-state index contributed by atoms with van der Waals surface area (Å²) in [6, 6.07) is 6.41. The van der Waals surface area contributed by atoms with E-state index in [-0.39, 0.29) is 10.9 Å². The molecule has 0 spiro atoms. The molecule has 2 rings (SSSR count). The number of imidazole rings is 1. The van der Waals surface area contributed by atoms with E-state index in [1.807, 2.05) is 6.92 Å². The molecule has 2 nitrogen and oxygen atoms in total. The molecule has 19 heavy (non-hydrogen) atoms. The van der Waals surface area contributed by atoms with Gasteiger partial charge in [0.05, 0.1) is 16.4 Å². The van der Waals surface area contributed by atoms with E-state index < -0.39 is 0 Å². The Hall–Kier alpha value is -0.290. The van der Waals surface area contributed by atoms with Gasteiger partial charge in [0.2, 0.25) is 0 Å². The van der Waals surface area contributed by atoms with E-state index in [0.29, 0.717) is 0 Å². The number of hydrogen-bond donors (Lipinski definition) is 0. The van der Waals surface area contributed by atoms with Crippen LogP contribution in [0.5, 0.6) is 0 Å². The van der Waals surface area contributed by atoms with Gasteiger partial charge < -0.3 is 4.57 Å². The normalized spacial score (nSPS) is 14.0. The molecule has 1 unspecified atom stereocenters. The lowest BCUT2D eigenvalue weighted by Gasteiger charge is -2.29. The van der Waals surface area contributed by atoms with E-state index >= 15 is 0 Å². The van der Waals surface area contributed by atoms with Gasteiger partial charge >= 0.3 is 0 Å². The fraction of sp³-hybridized carbons (Fsp3) is 0.533. The number of nitrogens with zero attached hydrogens (tertiary/aromatic N) is 2. The lowest BCUT2D eigenvalue weighted by Crippen LogP contribution is -2.28. The van der Waals surface area contributed by atoms with Crippen LogP contribution in [0.3, 0.4) is 0 Å². The minimum atomic E-state index is -0.0822. The van der Waals surface area contributed by atoms with E-state index in [1.54, 1.807) is 0 Å². The largest absolute Gasteiger partial charge is 0.321 e. The van der Waals surface area contributed by atoms with Crippen molar-refractivity contribution in [3.63, 3.8) is 0 Å². The molecular formula is C15H20ClIN2. The second-order valence-corrected chi connectivity index (χ2v) is 7.52. The molecular weight excluding hydrogens is 371 g/mol. The lowest BCUT2D eigenvalue weighted by atomic mass is 9.97. The Morgan fingerprint density at radius 1 is 1.42 bits per heavy atom. The quantitative estimate of drug-likeness (QED) is 0.499. The molecule has 1 atom stereocenters. The third-order valence-corrected chi connectivity index (χ3v) is 4.33. The summed E-state index contributed by atoms with van der Waals surface area (Å²) in [5.74, 6) is 0.970. The number of benzene rings is 1. The van der Waals surface area contributed by atoms with Gasteiger partial charge in [-0.3, -0.25) is 0 Å². The highest BCUT2D eigenvalue weighted by atomic mass is 127. The molecule has 1 aromatic carbocycles. The highest BCUT2D eigenvalue weighted by Gasteiger charge is 2.26. The standard InChI is InChI=1S/C15H20ClIN2/c1-5-8-15(3,4)19-13-7-6-11(17)9-12(13)18-14(19)10(2)16/h6-7,9-10H,5,8H2,1-4H3. The minimum Gasteiger partial charge on any atom is -0.321 e. The van der Waals surface area contributed by atoms with Crippen molar-refractivity contribution in [1.82, 2.24) is 9.55 Å². The van der Waals surface area contributed by atoms with Crippen LogP contribution in [0.15, 0.2) is 18.2 Å². The summed E-state index contributed by atoms with van der Waals surface area (Å²) in [6.07, 6.45) is 2.26. The van der Waals surface area contributed by atoms with E-state index in [0.717, 1.165) is 24.2 Å². The Morgan fingerprint density at radius 3 is 2.68 bits per heavy atom. The van der Waals surface area contributed by atoms with Crippen molar-refractivity contribution >= 4 is 45.2 Å². The summed E-state index contributed by atoms with van der Waals surface area (Å²) in [4.78, 5) is 4.75. The van der Waals surface area contributed by atoms with Crippen LogP contribution in [-0.4, -0.2) is 9.55 Å². The van der Waals surface area contributed by atoms with Crippen molar-refractivity contribution in [3.05, 3.63) is 27.6 Å². The molecule has 4 heteroatoms. The zero-order chi connectivity index (χ0) is 14.2. The maximum Gasteiger partial charge on any atom is 0.128 e. The third-order valence-electron chi connectivity index (χ3n) is 3.47. The number of rotatable bonds is 4. The van der Waals surface area contributed by atoms with Gasteiger partial charge in [0.25, 0.3) is 0 Å². The van der Waals surface area contributed by atoms with Crippen molar-refractivity contribution in [2.24, 2.45) is 0 Å². The average Bonchev–Trinajstić information content (AvgIpc) is 2.67. The highest BCUT2D eigenvalue weighted by Crippen LogP contribution is 2.33. The van der Waals surface area contributed by atoms with Crippen molar-refractivity contribution in [2.45, 2.75) is 51.5 Å². The maximum absolute atomic E-state index is 6.34. The lowest BCUT2D eigenvalue weighted by molar-refractivity contribution is 0.323. The molecule has 0 radical (unpaired) electrons. The maximum atomic E-state index is 6.34. The fourth-order valence-electron chi connectivity index (χ4n) is 2.70. The first-order valence-corrected chi connectivity index (χ1v) is 8.21. The van der Waals surface area contributed by atoms with Gasteiger partial charge in [-0.15, -0.1) is 11.6 Å². The molecule has 0 saturated heterocycles. The zero-order valence-corrected chi connectivity index (χ0v) is 14.8. The first-order valence-electron chi connectivity index (χ1n) is 6.69. The van der Waals surface area contributed by atoms with Crippen molar-refractivity contribution in [3.8, 4) is 0 Å². The van der Waals surface area contributed by atoms with E-state index in [9.17, 15) is 0 Å². The predicted molar refractivity (Wildman–Crippen MR) is 90.9 cm³/mol. The van der Waals surface area contributed by atoms with Crippen molar-refractivity contribution in [1.29, 1.82) is 0 Å². The summed E-state index contributed by atoms with van der Waals surface area (Å²) in [5, 5.41) is -0.0822. The van der Waals surface area contributed by atoms with Gasteiger partial charge in [0.1, 0.15) is 5.82 Å². The van der Waals surface area contributed by atoms with Crippen molar-refractivity contribution < 1.29 is 0 Å². The Bertz CT molecular complexity index is 587. The Labute approximate surface area is 133 Å². The molecule has 1 aromatic heterocycles. The van der Waals surface area contributed by atoms with Gasteiger partial charge in [0, 0.05) is 9.11 Å². The Morgan fingerprint density at radius 2 is 2.11 bits per heavy atom. The van der Waals surface area contributed by atoms with E-state index in [1.165, 1.54) is 9.09 Å². The molecule has 104 valence electrons. The summed E-state index contributed by atoms with van der Waals surface area (Å²) in [5.41, 5.74) is 2.26. The minimum absolute atomic E-state index is 0.0365. The summed E-state index contributed by atoms with van der Waals surface area (Å²) in [6.45, 7) is 8.73. The molecule has 0 amide bonds. The van der Waals surface area contributed by atoms with Crippen LogP contribution in [0.4, 0.5) is 0 Å². The van der Waals surface area contributed by atoms with Gasteiger partial charge in [-0.1, -0.05) is 13.3 Å². The number of aromatic nitrogens is 2. The third kappa shape index (κ3) is 2.92. The molecule has 0 aliphatic carbocycles. The number of alkyl halides is 1. The molecule has 1 heterocycles. The molecule has 0 aliphatic heterocycles. The molecule has 2 aromatic rings. The molecule has 0 aliphatic rings. The SMILES string of the molecule is CCCC(C)(C)n1c(C(C)Cl)nc2cc(I)ccc21. The number of halogens is 2. The van der Waals surface area contributed by atoms with Gasteiger partial charge in [-0.25, -0.2) is 4.98 Å². The topological polar surface area (TPSA) is 17.8 Å². The van der Waals surface area contributed by atoms with Crippen molar-refractivity contribution in [2.75, 3.05) is 0 Å². The smallest absolute Gasteiger partial charge is 0.128 e. The average molecular weight is 391 g/mol. The van der Waals surface area contributed by atoms with Crippen LogP contribution in [-0.2, 0) is 5.54 Å². The van der Waals surface area contributed by atoms with Crippen LogP contribution in [0.25, 0.3) is 11.0 Å². The monoisotopic (exact) mass is 390 g/mol. The molecule has 0 N–H and O–H groups in total. The van der Waals surface area contributed by atoms with Gasteiger partial charge in [0.15, 0.2) is 0 Å². The summed E-state index contributed by atoms with van der Waals surface area (Å²) in [7, 11) is 0. The second-order valence-electron chi connectivity index (χ2n) is 5.62. The van der Waals surface area contributed by atoms with Crippen LogP contribution in [0.2, 0.25) is 0 Å². The fourth-order valence-corrected chi connectivity index (χ4v) is 3.32. The zero-order valence-electron chi connectivity index (χ0n) is 11.9. The van der Waals surface area contributed by atoms with Crippen LogP contribution >= 0.6 is 34.2 Å². The summed E-state index contributed by atoms with van der Waals surface area (Å²) >= 11 is 8.66. The van der Waals surface area contributed by atoms with Crippen LogP contribution in [0.1, 0.15) is 51.7 Å². The van der Waals surface area contributed by atoms with Crippen LogP contribution in [0, 0.1) is 3.57 Å². The second kappa shape index (κ2) is 5.60. The van der Waals surface area contributed by atoms with Gasteiger partial charge in [-0.05, 0) is 68.0 Å². The molecule has 0 saturated carbocycles. The first kappa shape index (κ1) is 15.1. The van der Waals surface area contributed by atoms with E-state index in [4.69, 9.17) is 16.6 Å².